The van der Waals surface area contributed by atoms with Crippen molar-refractivity contribution < 1.29 is 17.9 Å². The van der Waals surface area contributed by atoms with E-state index in [1.165, 1.54) is 42.5 Å². The molecule has 2 aromatic carbocycles. The van der Waals surface area contributed by atoms with E-state index in [-0.39, 0.29) is 27.2 Å². The molecular formula is C16H14Cl3NO4S. The van der Waals surface area contributed by atoms with Crippen molar-refractivity contribution in [1.29, 1.82) is 0 Å². The van der Waals surface area contributed by atoms with Gasteiger partial charge in [-0.2, -0.15) is 0 Å². The molecule has 0 bridgehead atoms. The van der Waals surface area contributed by atoms with Crippen LogP contribution in [0.1, 0.15) is 6.92 Å². The van der Waals surface area contributed by atoms with Crippen LogP contribution in [0, 0.1) is 0 Å². The first-order valence-corrected chi connectivity index (χ1v) is 9.72. The van der Waals surface area contributed by atoms with E-state index in [2.05, 4.69) is 0 Å². The molecule has 2 aromatic rings. The summed E-state index contributed by atoms with van der Waals surface area (Å²) < 4.78 is 31.9. The number of sulfonamides is 1. The standard InChI is InChI=1S/C16H14Cl3NO4S/c1-2-24-16(21)10-20(13-6-3-11(17)4-7-13)25(22,23)15-9-12(18)5-8-14(15)19/h3-9H,2,10H2,1H3. The number of benzene rings is 2. The SMILES string of the molecule is CCOC(=O)CN(c1ccc(Cl)cc1)S(=O)(=O)c1cc(Cl)ccc1Cl. The first kappa shape index (κ1) is 19.8. The van der Waals surface area contributed by atoms with E-state index in [0.717, 1.165) is 4.31 Å². The van der Waals surface area contributed by atoms with Crippen LogP contribution in [0.4, 0.5) is 5.69 Å². The van der Waals surface area contributed by atoms with E-state index < -0.39 is 22.5 Å². The lowest BCUT2D eigenvalue weighted by Crippen LogP contribution is -2.36. The molecule has 5 nitrogen and oxygen atoms in total. The van der Waals surface area contributed by atoms with Crippen LogP contribution in [0.2, 0.25) is 15.1 Å². The van der Waals surface area contributed by atoms with E-state index in [4.69, 9.17) is 39.5 Å². The third-order valence-corrected chi connectivity index (χ3v) is 5.90. The fraction of sp³-hybridized carbons (Fsp3) is 0.188. The van der Waals surface area contributed by atoms with Crippen molar-refractivity contribution in [2.75, 3.05) is 17.5 Å². The van der Waals surface area contributed by atoms with Crippen molar-refractivity contribution in [2.45, 2.75) is 11.8 Å². The van der Waals surface area contributed by atoms with Crippen LogP contribution in [0.3, 0.4) is 0 Å². The topological polar surface area (TPSA) is 63.7 Å². The molecule has 0 aliphatic carbocycles. The zero-order valence-electron chi connectivity index (χ0n) is 13.1. The highest BCUT2D eigenvalue weighted by molar-refractivity contribution is 7.93. The minimum absolute atomic E-state index is 0.00720. The minimum Gasteiger partial charge on any atom is -0.465 e. The lowest BCUT2D eigenvalue weighted by molar-refractivity contribution is -0.141. The van der Waals surface area contributed by atoms with Gasteiger partial charge in [0, 0.05) is 10.0 Å². The van der Waals surface area contributed by atoms with E-state index >= 15 is 0 Å². The molecule has 0 unspecified atom stereocenters. The highest BCUT2D eigenvalue weighted by atomic mass is 35.5. The average molecular weight is 423 g/mol. The molecule has 0 radical (unpaired) electrons. The first-order valence-electron chi connectivity index (χ1n) is 7.14. The van der Waals surface area contributed by atoms with Crippen molar-refractivity contribution in [1.82, 2.24) is 0 Å². The largest absolute Gasteiger partial charge is 0.465 e. The smallest absolute Gasteiger partial charge is 0.326 e. The van der Waals surface area contributed by atoms with Gasteiger partial charge >= 0.3 is 5.97 Å². The van der Waals surface area contributed by atoms with Gasteiger partial charge < -0.3 is 4.74 Å². The van der Waals surface area contributed by atoms with Crippen LogP contribution in [0.15, 0.2) is 47.4 Å². The van der Waals surface area contributed by atoms with Gasteiger partial charge in [-0.3, -0.25) is 9.10 Å². The third-order valence-electron chi connectivity index (χ3n) is 3.15. The molecule has 25 heavy (non-hydrogen) atoms. The minimum atomic E-state index is -4.16. The maximum Gasteiger partial charge on any atom is 0.326 e. The van der Waals surface area contributed by atoms with E-state index in [1.807, 2.05) is 0 Å². The van der Waals surface area contributed by atoms with Gasteiger partial charge in [-0.1, -0.05) is 34.8 Å². The monoisotopic (exact) mass is 421 g/mol. The van der Waals surface area contributed by atoms with Crippen LogP contribution >= 0.6 is 34.8 Å². The number of rotatable bonds is 6. The predicted molar refractivity (Wildman–Crippen MR) is 99.1 cm³/mol. The normalized spacial score (nSPS) is 11.2. The molecular weight excluding hydrogens is 409 g/mol. The summed E-state index contributed by atoms with van der Waals surface area (Å²) in [6.45, 7) is 1.25. The Hall–Kier alpha value is -1.47. The fourth-order valence-corrected chi connectivity index (χ4v) is 4.32. The molecule has 0 aliphatic rings. The van der Waals surface area contributed by atoms with E-state index in [1.54, 1.807) is 6.92 Å². The summed E-state index contributed by atoms with van der Waals surface area (Å²) in [6, 6.07) is 10.1. The summed E-state index contributed by atoms with van der Waals surface area (Å²) in [5, 5.41) is 0.625. The second-order valence-corrected chi connectivity index (χ2v) is 7.98. The Morgan fingerprint density at radius 2 is 1.64 bits per heavy atom. The molecule has 0 spiro atoms. The Balaban J connectivity index is 2.54. The Morgan fingerprint density at radius 3 is 2.24 bits per heavy atom. The molecule has 0 aromatic heterocycles. The molecule has 0 saturated heterocycles. The molecule has 0 heterocycles. The summed E-state index contributed by atoms with van der Waals surface area (Å²) in [5.41, 5.74) is 0.244. The maximum absolute atomic E-state index is 13.1. The highest BCUT2D eigenvalue weighted by Gasteiger charge is 2.29. The van der Waals surface area contributed by atoms with Crippen molar-refractivity contribution in [2.24, 2.45) is 0 Å². The van der Waals surface area contributed by atoms with Gasteiger partial charge in [0.25, 0.3) is 10.0 Å². The number of esters is 1. The lowest BCUT2D eigenvalue weighted by atomic mass is 10.3. The van der Waals surface area contributed by atoms with Crippen LogP contribution in [-0.2, 0) is 19.6 Å². The molecule has 0 amide bonds. The molecule has 9 heteroatoms. The predicted octanol–water partition coefficient (Wildman–Crippen LogP) is 4.41. The number of ether oxygens (including phenoxy) is 1. The van der Waals surface area contributed by atoms with Crippen molar-refractivity contribution in [3.63, 3.8) is 0 Å². The number of hydrogen-bond donors (Lipinski definition) is 0. The number of halogens is 3. The van der Waals surface area contributed by atoms with Crippen molar-refractivity contribution in [3.8, 4) is 0 Å². The molecule has 0 saturated carbocycles. The second-order valence-electron chi connectivity index (χ2n) is 4.87. The number of carbonyl (C=O) groups is 1. The Kier molecular flexibility index (Phi) is 6.57. The van der Waals surface area contributed by atoms with Gasteiger partial charge in [0.05, 0.1) is 17.3 Å². The lowest BCUT2D eigenvalue weighted by Gasteiger charge is -2.24. The molecule has 0 N–H and O–H groups in total. The maximum atomic E-state index is 13.1. The molecule has 134 valence electrons. The Morgan fingerprint density at radius 1 is 1.04 bits per heavy atom. The molecule has 0 aliphatic heterocycles. The zero-order chi connectivity index (χ0) is 18.6. The van der Waals surface area contributed by atoms with Crippen LogP contribution in [-0.4, -0.2) is 27.5 Å². The third kappa shape index (κ3) is 4.79. The average Bonchev–Trinajstić information content (AvgIpc) is 2.56. The number of carbonyl (C=O) groups excluding carboxylic acids is 1. The molecule has 0 fully saturated rings. The first-order chi connectivity index (χ1) is 11.8. The van der Waals surface area contributed by atoms with Gasteiger partial charge in [0.2, 0.25) is 0 Å². The van der Waals surface area contributed by atoms with Crippen molar-refractivity contribution in [3.05, 3.63) is 57.5 Å². The summed E-state index contributed by atoms with van der Waals surface area (Å²) in [5.74, 6) is -0.695. The number of anilines is 1. The highest BCUT2D eigenvalue weighted by Crippen LogP contribution is 2.31. The van der Waals surface area contributed by atoms with E-state index in [9.17, 15) is 13.2 Å². The number of hydrogen-bond acceptors (Lipinski definition) is 4. The van der Waals surface area contributed by atoms with Gasteiger partial charge in [-0.25, -0.2) is 8.42 Å². The van der Waals surface area contributed by atoms with Gasteiger partial charge in [0.15, 0.2) is 0 Å². The fourth-order valence-electron chi connectivity index (χ4n) is 2.04. The van der Waals surface area contributed by atoms with Crippen LogP contribution < -0.4 is 4.31 Å². The van der Waals surface area contributed by atoms with Crippen molar-refractivity contribution >= 4 is 56.5 Å². The quantitative estimate of drug-likeness (QED) is 0.647. The van der Waals surface area contributed by atoms with Crippen LogP contribution in [0.5, 0.6) is 0 Å². The summed E-state index contributed by atoms with van der Waals surface area (Å²) in [6.07, 6.45) is 0. The molecule has 2 rings (SSSR count). The summed E-state index contributed by atoms with van der Waals surface area (Å²) in [4.78, 5) is 11.7. The molecule has 0 atom stereocenters. The van der Waals surface area contributed by atoms with Gasteiger partial charge in [0.1, 0.15) is 11.4 Å². The number of nitrogens with zero attached hydrogens (tertiary/aromatic N) is 1. The summed E-state index contributed by atoms with van der Waals surface area (Å²) >= 11 is 17.8. The zero-order valence-corrected chi connectivity index (χ0v) is 16.2. The second kappa shape index (κ2) is 8.27. The van der Waals surface area contributed by atoms with Gasteiger partial charge in [-0.05, 0) is 49.4 Å². The van der Waals surface area contributed by atoms with Gasteiger partial charge in [-0.15, -0.1) is 0 Å². The summed E-state index contributed by atoms with van der Waals surface area (Å²) in [7, 11) is -4.16. The Labute approximate surface area is 161 Å². The Bertz CT molecular complexity index is 869. The van der Waals surface area contributed by atoms with Crippen LogP contribution in [0.25, 0.3) is 0 Å². The van der Waals surface area contributed by atoms with E-state index in [0.29, 0.717) is 5.02 Å².